The zero-order valence-electron chi connectivity index (χ0n) is 21.5. The fourth-order valence-corrected chi connectivity index (χ4v) is 6.40. The number of sulfonamides is 1. The summed E-state index contributed by atoms with van der Waals surface area (Å²) in [5, 5.41) is 0. The van der Waals surface area contributed by atoms with Crippen LogP contribution in [0.2, 0.25) is 0 Å². The molecule has 2 aromatic rings. The van der Waals surface area contributed by atoms with E-state index in [0.717, 1.165) is 6.07 Å². The Morgan fingerprint density at radius 1 is 1.08 bits per heavy atom. The van der Waals surface area contributed by atoms with Crippen LogP contribution in [0.15, 0.2) is 24.5 Å². The Labute approximate surface area is 221 Å². The number of ether oxygens (including phenoxy) is 2. The van der Waals surface area contributed by atoms with Crippen LogP contribution in [0.25, 0.3) is 0 Å². The van der Waals surface area contributed by atoms with Crippen LogP contribution in [0.3, 0.4) is 0 Å². The van der Waals surface area contributed by atoms with Crippen molar-refractivity contribution in [2.75, 3.05) is 50.0 Å². The molecule has 0 amide bonds. The molecule has 2 fully saturated rings. The van der Waals surface area contributed by atoms with Crippen LogP contribution in [-0.4, -0.2) is 80.0 Å². The SMILES string of the molecule is CCOCCS(=O)(=O)N1CCC([C@H](C)Oc2cnc(N3C[C@H](c4cc(F)c(F)cc4F)[C@@H](N)C3)nc2)CC1. The summed E-state index contributed by atoms with van der Waals surface area (Å²) in [6.45, 7) is 5.92. The monoisotopic (exact) mass is 557 g/mol. The highest BCUT2D eigenvalue weighted by molar-refractivity contribution is 7.89. The second-order valence-electron chi connectivity index (χ2n) is 9.75. The third-order valence-corrected chi connectivity index (χ3v) is 9.10. The molecule has 0 unspecified atom stereocenters. The van der Waals surface area contributed by atoms with Gasteiger partial charge in [-0.25, -0.2) is 35.9 Å². The molecule has 13 heteroatoms. The van der Waals surface area contributed by atoms with Gasteiger partial charge in [0.05, 0.1) is 30.9 Å². The van der Waals surface area contributed by atoms with Crippen LogP contribution in [0.5, 0.6) is 5.75 Å². The number of hydrogen-bond donors (Lipinski definition) is 1. The molecule has 2 aliphatic rings. The van der Waals surface area contributed by atoms with Gasteiger partial charge in [-0.1, -0.05) is 0 Å². The average molecular weight is 558 g/mol. The number of piperidine rings is 1. The van der Waals surface area contributed by atoms with Crippen molar-refractivity contribution < 1.29 is 31.1 Å². The highest BCUT2D eigenvalue weighted by atomic mass is 32.2. The van der Waals surface area contributed by atoms with Crippen molar-refractivity contribution in [2.24, 2.45) is 11.7 Å². The quantitative estimate of drug-likeness (QED) is 0.351. The first-order valence-corrected chi connectivity index (χ1v) is 14.4. The van der Waals surface area contributed by atoms with E-state index < -0.39 is 39.4 Å². The van der Waals surface area contributed by atoms with Crippen LogP contribution >= 0.6 is 0 Å². The van der Waals surface area contributed by atoms with E-state index in [9.17, 15) is 21.6 Å². The van der Waals surface area contributed by atoms with Crippen LogP contribution in [-0.2, 0) is 14.8 Å². The number of benzene rings is 1. The van der Waals surface area contributed by atoms with E-state index in [1.54, 1.807) is 17.3 Å². The van der Waals surface area contributed by atoms with Crippen LogP contribution in [0.1, 0.15) is 38.2 Å². The summed E-state index contributed by atoms with van der Waals surface area (Å²) in [6, 6.07) is 0.885. The molecule has 1 aromatic heterocycles. The normalized spacial score (nSPS) is 22.1. The first-order valence-electron chi connectivity index (χ1n) is 12.8. The summed E-state index contributed by atoms with van der Waals surface area (Å²) < 4.78 is 79.0. The lowest BCUT2D eigenvalue weighted by atomic mass is 9.93. The van der Waals surface area contributed by atoms with Gasteiger partial charge >= 0.3 is 0 Å². The van der Waals surface area contributed by atoms with E-state index in [2.05, 4.69) is 9.97 Å². The summed E-state index contributed by atoms with van der Waals surface area (Å²) in [7, 11) is -3.33. The molecule has 4 rings (SSSR count). The van der Waals surface area contributed by atoms with E-state index in [1.807, 2.05) is 13.8 Å². The molecule has 2 saturated heterocycles. The van der Waals surface area contributed by atoms with Gasteiger partial charge in [0.1, 0.15) is 5.82 Å². The van der Waals surface area contributed by atoms with Crippen LogP contribution in [0.4, 0.5) is 19.1 Å². The highest BCUT2D eigenvalue weighted by Crippen LogP contribution is 2.32. The molecule has 0 radical (unpaired) electrons. The first kappa shape index (κ1) is 28.5. The Balaban J connectivity index is 1.30. The molecule has 2 aliphatic heterocycles. The van der Waals surface area contributed by atoms with E-state index >= 15 is 0 Å². The standard InChI is InChI=1S/C25H34F3N5O4S/c1-3-36-8-9-38(34,35)33-6-4-17(5-7-33)16(2)37-18-12-30-25(31-13-18)32-14-20(24(29)15-32)19-10-22(27)23(28)11-21(19)26/h10-13,16-17,20,24H,3-9,14-15,29H2,1-2H3/t16-,20+,24-/m0/s1. The Morgan fingerprint density at radius 3 is 2.39 bits per heavy atom. The molecule has 210 valence electrons. The van der Waals surface area contributed by atoms with Gasteiger partial charge in [0.25, 0.3) is 0 Å². The second-order valence-corrected chi connectivity index (χ2v) is 11.8. The predicted octanol–water partition coefficient (Wildman–Crippen LogP) is 2.67. The molecule has 1 aromatic carbocycles. The zero-order chi connectivity index (χ0) is 27.4. The molecule has 0 spiro atoms. The summed E-state index contributed by atoms with van der Waals surface area (Å²) in [6.07, 6.45) is 4.29. The third kappa shape index (κ3) is 6.56. The molecular formula is C25H34F3N5O4S. The van der Waals surface area contributed by atoms with Crippen LogP contribution in [0, 0.1) is 23.4 Å². The van der Waals surface area contributed by atoms with E-state index in [1.165, 1.54) is 4.31 Å². The Hall–Kier alpha value is -2.48. The largest absolute Gasteiger partial charge is 0.487 e. The van der Waals surface area contributed by atoms with E-state index in [0.29, 0.717) is 56.8 Å². The number of hydrogen-bond acceptors (Lipinski definition) is 8. The Morgan fingerprint density at radius 2 is 1.74 bits per heavy atom. The van der Waals surface area contributed by atoms with Crippen molar-refractivity contribution in [3.8, 4) is 5.75 Å². The van der Waals surface area contributed by atoms with Crippen molar-refractivity contribution in [2.45, 2.75) is 44.8 Å². The van der Waals surface area contributed by atoms with Gasteiger partial charge in [0, 0.05) is 50.8 Å². The van der Waals surface area contributed by atoms with Crippen molar-refractivity contribution in [1.82, 2.24) is 14.3 Å². The summed E-state index contributed by atoms with van der Waals surface area (Å²) in [5.41, 5.74) is 6.22. The van der Waals surface area contributed by atoms with Crippen molar-refractivity contribution in [3.05, 3.63) is 47.5 Å². The predicted molar refractivity (Wildman–Crippen MR) is 136 cm³/mol. The van der Waals surface area contributed by atoms with Gasteiger partial charge in [-0.3, -0.25) is 0 Å². The Kier molecular flexibility index (Phi) is 9.11. The summed E-state index contributed by atoms with van der Waals surface area (Å²) in [5.74, 6) is -2.73. The molecule has 0 aliphatic carbocycles. The number of nitrogens with two attached hydrogens (primary N) is 1. The second kappa shape index (κ2) is 12.1. The Bertz CT molecular complexity index is 1200. The van der Waals surface area contributed by atoms with Gasteiger partial charge in [-0.05, 0) is 44.2 Å². The fourth-order valence-electron chi connectivity index (χ4n) is 5.05. The lowest BCUT2D eigenvalue weighted by Crippen LogP contribution is -2.43. The third-order valence-electron chi connectivity index (χ3n) is 7.27. The van der Waals surface area contributed by atoms with Gasteiger partial charge in [-0.2, -0.15) is 0 Å². The number of nitrogens with zero attached hydrogens (tertiary/aromatic N) is 4. The highest BCUT2D eigenvalue weighted by Gasteiger charge is 2.35. The van der Waals surface area contributed by atoms with Crippen molar-refractivity contribution >= 4 is 16.0 Å². The molecule has 3 atom stereocenters. The molecule has 9 nitrogen and oxygen atoms in total. The number of rotatable bonds is 10. The first-order chi connectivity index (χ1) is 18.1. The molecular weight excluding hydrogens is 523 g/mol. The van der Waals surface area contributed by atoms with Gasteiger partial charge in [0.2, 0.25) is 16.0 Å². The molecule has 38 heavy (non-hydrogen) atoms. The molecule has 3 heterocycles. The van der Waals surface area contributed by atoms with Gasteiger partial charge < -0.3 is 20.1 Å². The van der Waals surface area contributed by atoms with Crippen molar-refractivity contribution in [1.29, 1.82) is 0 Å². The lowest BCUT2D eigenvalue weighted by Gasteiger charge is -2.34. The summed E-state index contributed by atoms with van der Waals surface area (Å²) in [4.78, 5) is 10.5. The minimum atomic E-state index is -3.33. The maximum Gasteiger partial charge on any atom is 0.225 e. The van der Waals surface area contributed by atoms with Crippen LogP contribution < -0.4 is 15.4 Å². The zero-order valence-corrected chi connectivity index (χ0v) is 22.3. The smallest absolute Gasteiger partial charge is 0.225 e. The van der Waals surface area contributed by atoms with E-state index in [4.69, 9.17) is 15.2 Å². The minimum Gasteiger partial charge on any atom is -0.487 e. The minimum absolute atomic E-state index is 0.0142. The maximum absolute atomic E-state index is 14.3. The van der Waals surface area contributed by atoms with E-state index in [-0.39, 0.29) is 36.5 Å². The maximum atomic E-state index is 14.3. The van der Waals surface area contributed by atoms with Crippen molar-refractivity contribution in [3.63, 3.8) is 0 Å². The molecule has 0 saturated carbocycles. The fraction of sp³-hybridized carbons (Fsp3) is 0.600. The lowest BCUT2D eigenvalue weighted by molar-refractivity contribution is 0.110. The molecule has 0 bridgehead atoms. The molecule has 2 N–H and O–H groups in total. The number of anilines is 1. The summed E-state index contributed by atoms with van der Waals surface area (Å²) >= 11 is 0. The number of halogens is 3. The van der Waals surface area contributed by atoms with Gasteiger partial charge in [-0.15, -0.1) is 0 Å². The van der Waals surface area contributed by atoms with Gasteiger partial charge in [0.15, 0.2) is 17.4 Å². The average Bonchev–Trinajstić information content (AvgIpc) is 3.28. The topological polar surface area (TPSA) is 111 Å². The number of aromatic nitrogens is 2.